The van der Waals surface area contributed by atoms with Crippen LogP contribution in [0.5, 0.6) is 11.5 Å². The summed E-state index contributed by atoms with van der Waals surface area (Å²) in [5, 5.41) is 3.74. The Kier molecular flexibility index (Phi) is 7.20. The average Bonchev–Trinajstić information content (AvgIpc) is 3.25. The molecule has 6 nitrogen and oxygen atoms in total. The Hall–Kier alpha value is -3.35. The van der Waals surface area contributed by atoms with Gasteiger partial charge in [0.25, 0.3) is 0 Å². The third-order valence-corrected chi connectivity index (χ3v) is 6.48. The van der Waals surface area contributed by atoms with Crippen molar-refractivity contribution in [1.82, 2.24) is 9.97 Å². The first-order chi connectivity index (χ1) is 16.4. The fraction of sp³-hybridized carbons (Fsp3) is 0.192. The molecule has 1 heterocycles. The lowest BCUT2D eigenvalue weighted by atomic mass is 10.0. The predicted octanol–water partition coefficient (Wildman–Crippen LogP) is 5.70. The van der Waals surface area contributed by atoms with Gasteiger partial charge in [-0.15, -0.1) is 0 Å². The van der Waals surface area contributed by atoms with Crippen molar-refractivity contribution in [3.63, 3.8) is 0 Å². The number of rotatable bonds is 8. The van der Waals surface area contributed by atoms with Gasteiger partial charge in [0, 0.05) is 48.3 Å². The first-order valence-electron chi connectivity index (χ1n) is 10.6. The predicted molar refractivity (Wildman–Crippen MR) is 135 cm³/mol. The van der Waals surface area contributed by atoms with Crippen molar-refractivity contribution < 1.29 is 14.3 Å². The molecule has 3 aromatic rings. The van der Waals surface area contributed by atoms with Crippen molar-refractivity contribution in [2.45, 2.75) is 19.3 Å². The maximum Gasteiger partial charge on any atom is 0.247 e. The lowest BCUT2D eigenvalue weighted by Crippen LogP contribution is -2.10. The van der Waals surface area contributed by atoms with E-state index in [0.29, 0.717) is 52.3 Å². The number of amides is 1. The topological polar surface area (TPSA) is 73.3 Å². The molecule has 1 N–H and O–H groups in total. The molecule has 1 aliphatic carbocycles. The van der Waals surface area contributed by atoms with Gasteiger partial charge in [-0.05, 0) is 23.3 Å². The lowest BCUT2D eigenvalue weighted by Gasteiger charge is -2.15. The monoisotopic (exact) mass is 495 g/mol. The Balaban J connectivity index is 1.58. The molecule has 0 spiro atoms. The summed E-state index contributed by atoms with van der Waals surface area (Å²) in [4.78, 5) is 21.1. The zero-order valence-corrected chi connectivity index (χ0v) is 20.3. The number of methoxy groups -OCH3 is 2. The highest BCUT2D eigenvalue weighted by atomic mass is 35.5. The second kappa shape index (κ2) is 10.3. The van der Waals surface area contributed by atoms with E-state index in [1.54, 1.807) is 20.3 Å². The maximum atomic E-state index is 11.8. The van der Waals surface area contributed by atoms with Gasteiger partial charge in [0.2, 0.25) is 5.91 Å². The van der Waals surface area contributed by atoms with Gasteiger partial charge in [-0.3, -0.25) is 4.79 Å². The minimum absolute atomic E-state index is 0.261. The third kappa shape index (κ3) is 4.79. The number of aromatic nitrogens is 2. The van der Waals surface area contributed by atoms with Crippen LogP contribution in [-0.4, -0.2) is 30.1 Å². The fourth-order valence-corrected chi connectivity index (χ4v) is 4.53. The van der Waals surface area contributed by atoms with Crippen LogP contribution in [-0.2, 0) is 24.1 Å². The molecular formula is C26H23Cl2N3O3. The second-order valence-electron chi connectivity index (χ2n) is 7.67. The van der Waals surface area contributed by atoms with Gasteiger partial charge in [0.15, 0.2) is 0 Å². The summed E-state index contributed by atoms with van der Waals surface area (Å²) in [6, 6.07) is 9.25. The van der Waals surface area contributed by atoms with E-state index in [-0.39, 0.29) is 5.91 Å². The SMILES string of the molecule is C=CC(=O)Nc1ccccc1Cc1ncc2c(n1)CC=C2Cc1c(Cl)c(OC)cc(OC)c1Cl. The van der Waals surface area contributed by atoms with Crippen molar-refractivity contribution in [2.24, 2.45) is 0 Å². The highest BCUT2D eigenvalue weighted by Crippen LogP contribution is 2.43. The molecule has 0 fully saturated rings. The molecule has 174 valence electrons. The Morgan fingerprint density at radius 2 is 1.85 bits per heavy atom. The summed E-state index contributed by atoms with van der Waals surface area (Å²) < 4.78 is 10.8. The number of halogens is 2. The van der Waals surface area contributed by atoms with Crippen LogP contribution in [0.1, 0.15) is 28.2 Å². The van der Waals surface area contributed by atoms with Crippen molar-refractivity contribution >= 4 is 40.4 Å². The number of carbonyl (C=O) groups excluding carboxylic acids is 1. The van der Waals surface area contributed by atoms with Crippen LogP contribution in [0, 0.1) is 0 Å². The number of para-hydroxylation sites is 1. The normalized spacial score (nSPS) is 12.1. The largest absolute Gasteiger partial charge is 0.495 e. The van der Waals surface area contributed by atoms with Crippen LogP contribution in [0.25, 0.3) is 5.57 Å². The number of allylic oxidation sites excluding steroid dienone is 2. The molecule has 8 heteroatoms. The van der Waals surface area contributed by atoms with Crippen molar-refractivity contribution in [3.05, 3.63) is 93.5 Å². The lowest BCUT2D eigenvalue weighted by molar-refractivity contribution is -0.111. The smallest absolute Gasteiger partial charge is 0.247 e. The Morgan fingerprint density at radius 3 is 2.53 bits per heavy atom. The van der Waals surface area contributed by atoms with E-state index in [4.69, 9.17) is 37.7 Å². The zero-order chi connectivity index (χ0) is 24.2. The second-order valence-corrected chi connectivity index (χ2v) is 8.43. The highest BCUT2D eigenvalue weighted by Gasteiger charge is 2.23. The number of nitrogens with zero attached hydrogens (tertiary/aromatic N) is 2. The summed E-state index contributed by atoms with van der Waals surface area (Å²) in [6.07, 6.45) is 6.86. The summed E-state index contributed by atoms with van der Waals surface area (Å²) in [7, 11) is 3.11. The molecule has 1 amide bonds. The van der Waals surface area contributed by atoms with Crippen molar-refractivity contribution in [3.8, 4) is 11.5 Å². The van der Waals surface area contributed by atoms with E-state index in [0.717, 1.165) is 28.0 Å². The number of benzene rings is 2. The Labute approximate surface area is 208 Å². The quantitative estimate of drug-likeness (QED) is 0.405. The first kappa shape index (κ1) is 23.8. The molecule has 2 aromatic carbocycles. The molecule has 0 radical (unpaired) electrons. The van der Waals surface area contributed by atoms with Crippen LogP contribution in [0.15, 0.2) is 55.3 Å². The van der Waals surface area contributed by atoms with Crippen LogP contribution in [0.4, 0.5) is 5.69 Å². The first-order valence-corrected chi connectivity index (χ1v) is 11.3. The fourth-order valence-electron chi connectivity index (χ4n) is 3.90. The van der Waals surface area contributed by atoms with Gasteiger partial charge in [-0.2, -0.15) is 0 Å². The van der Waals surface area contributed by atoms with Crippen LogP contribution < -0.4 is 14.8 Å². The number of fused-ring (bicyclic) bond motifs is 1. The number of hydrogen-bond acceptors (Lipinski definition) is 5. The summed E-state index contributed by atoms with van der Waals surface area (Å²) >= 11 is 13.1. The molecule has 0 saturated carbocycles. The van der Waals surface area contributed by atoms with Crippen LogP contribution >= 0.6 is 23.2 Å². The highest BCUT2D eigenvalue weighted by molar-refractivity contribution is 6.38. The molecule has 0 aliphatic heterocycles. The van der Waals surface area contributed by atoms with Gasteiger partial charge in [0.05, 0.1) is 30.0 Å². The number of anilines is 1. The number of hydrogen-bond donors (Lipinski definition) is 1. The van der Waals surface area contributed by atoms with Gasteiger partial charge in [-0.1, -0.05) is 54.1 Å². The molecule has 0 bridgehead atoms. The molecule has 1 aliphatic rings. The van der Waals surface area contributed by atoms with E-state index >= 15 is 0 Å². The molecule has 4 rings (SSSR count). The minimum atomic E-state index is -0.261. The summed E-state index contributed by atoms with van der Waals surface area (Å²) in [5.41, 5.74) is 5.31. The van der Waals surface area contributed by atoms with E-state index in [1.807, 2.05) is 30.5 Å². The summed E-state index contributed by atoms with van der Waals surface area (Å²) in [5.74, 6) is 1.42. The average molecular weight is 496 g/mol. The molecule has 0 atom stereocenters. The third-order valence-electron chi connectivity index (χ3n) is 5.65. The molecular weight excluding hydrogens is 473 g/mol. The Morgan fingerprint density at radius 1 is 1.15 bits per heavy atom. The standard InChI is InChI=1S/C26H23Cl2N3O3/c1-4-24(32)31-19-8-6-5-7-16(19)12-23-29-14-18-15(9-10-20(18)30-23)11-17-25(27)21(33-2)13-22(34-3)26(17)28/h4-9,13-14H,1,10-12H2,2-3H3,(H,31,32). The zero-order valence-electron chi connectivity index (χ0n) is 18.8. The van der Waals surface area contributed by atoms with E-state index < -0.39 is 0 Å². The van der Waals surface area contributed by atoms with E-state index in [9.17, 15) is 4.79 Å². The van der Waals surface area contributed by atoms with Gasteiger partial charge in [-0.25, -0.2) is 9.97 Å². The van der Waals surface area contributed by atoms with Crippen molar-refractivity contribution in [2.75, 3.05) is 19.5 Å². The minimum Gasteiger partial charge on any atom is -0.495 e. The molecule has 0 unspecified atom stereocenters. The maximum absolute atomic E-state index is 11.8. The van der Waals surface area contributed by atoms with E-state index in [1.165, 1.54) is 6.08 Å². The number of nitrogens with one attached hydrogen (secondary N) is 1. The molecule has 0 saturated heterocycles. The number of carbonyl (C=O) groups is 1. The van der Waals surface area contributed by atoms with Gasteiger partial charge < -0.3 is 14.8 Å². The van der Waals surface area contributed by atoms with Crippen molar-refractivity contribution in [1.29, 1.82) is 0 Å². The number of ether oxygens (including phenoxy) is 2. The van der Waals surface area contributed by atoms with Gasteiger partial charge in [0.1, 0.15) is 17.3 Å². The molecule has 1 aromatic heterocycles. The summed E-state index contributed by atoms with van der Waals surface area (Å²) in [6.45, 7) is 3.50. The Bertz CT molecular complexity index is 1280. The van der Waals surface area contributed by atoms with Gasteiger partial charge >= 0.3 is 0 Å². The van der Waals surface area contributed by atoms with E-state index in [2.05, 4.69) is 23.0 Å². The molecule has 34 heavy (non-hydrogen) atoms. The van der Waals surface area contributed by atoms with Crippen LogP contribution in [0.2, 0.25) is 10.0 Å². The van der Waals surface area contributed by atoms with Crippen LogP contribution in [0.3, 0.4) is 0 Å².